The van der Waals surface area contributed by atoms with Crippen molar-refractivity contribution in [1.29, 1.82) is 0 Å². The molecular formula is C16H20FNO. The number of furan rings is 1. The minimum absolute atomic E-state index is 0.0322. The van der Waals surface area contributed by atoms with Crippen LogP contribution in [0.25, 0.3) is 0 Å². The Hall–Kier alpha value is -1.61. The van der Waals surface area contributed by atoms with Crippen LogP contribution < -0.4 is 5.32 Å². The minimum Gasteiger partial charge on any atom is -0.468 e. The molecule has 0 aliphatic carbocycles. The minimum atomic E-state index is -0.206. The zero-order chi connectivity index (χ0) is 13.9. The maximum absolute atomic E-state index is 13.0. The molecule has 1 aromatic heterocycles. The van der Waals surface area contributed by atoms with Gasteiger partial charge in [0.2, 0.25) is 0 Å². The molecular weight excluding hydrogens is 241 g/mol. The van der Waals surface area contributed by atoms with Crippen LogP contribution in [0.3, 0.4) is 0 Å². The summed E-state index contributed by atoms with van der Waals surface area (Å²) in [4.78, 5) is 0. The summed E-state index contributed by atoms with van der Waals surface area (Å²) in [6.07, 6.45) is 1.67. The molecule has 0 spiro atoms. The lowest BCUT2D eigenvalue weighted by atomic mass is 9.82. The number of benzene rings is 1. The average Bonchev–Trinajstić information content (AvgIpc) is 2.83. The van der Waals surface area contributed by atoms with Crippen LogP contribution in [0.15, 0.2) is 47.1 Å². The maximum atomic E-state index is 13.0. The average molecular weight is 261 g/mol. The Morgan fingerprint density at radius 1 is 1.16 bits per heavy atom. The van der Waals surface area contributed by atoms with Gasteiger partial charge < -0.3 is 9.73 Å². The van der Waals surface area contributed by atoms with Crippen LogP contribution in [0.1, 0.15) is 38.1 Å². The first-order chi connectivity index (χ1) is 8.97. The van der Waals surface area contributed by atoms with Crippen molar-refractivity contribution < 1.29 is 8.81 Å². The first-order valence-corrected chi connectivity index (χ1v) is 6.48. The second-order valence-electron chi connectivity index (χ2n) is 5.81. The molecule has 102 valence electrons. The fourth-order valence-corrected chi connectivity index (χ4v) is 2.20. The van der Waals surface area contributed by atoms with E-state index in [2.05, 4.69) is 26.1 Å². The van der Waals surface area contributed by atoms with E-state index in [0.717, 1.165) is 11.3 Å². The summed E-state index contributed by atoms with van der Waals surface area (Å²) in [6, 6.07) is 10.6. The fraction of sp³-hybridized carbons (Fsp3) is 0.375. The molecule has 2 rings (SSSR count). The number of nitrogens with one attached hydrogen (secondary N) is 1. The number of rotatable bonds is 4. The lowest BCUT2D eigenvalue weighted by Crippen LogP contribution is -2.31. The molecule has 1 aromatic carbocycles. The zero-order valence-electron chi connectivity index (χ0n) is 11.6. The monoisotopic (exact) mass is 261 g/mol. The van der Waals surface area contributed by atoms with E-state index in [1.165, 1.54) is 12.1 Å². The summed E-state index contributed by atoms with van der Waals surface area (Å²) in [5.41, 5.74) is 1.12. The second-order valence-corrected chi connectivity index (χ2v) is 5.81. The van der Waals surface area contributed by atoms with Crippen molar-refractivity contribution >= 4 is 0 Å². The quantitative estimate of drug-likeness (QED) is 0.887. The lowest BCUT2D eigenvalue weighted by molar-refractivity contribution is 0.264. The Balaban J connectivity index is 2.14. The molecule has 1 N–H and O–H groups in total. The number of halogens is 1. The van der Waals surface area contributed by atoms with Crippen LogP contribution >= 0.6 is 0 Å². The molecule has 2 aromatic rings. The molecule has 0 saturated carbocycles. The van der Waals surface area contributed by atoms with Crippen molar-refractivity contribution in [3.05, 3.63) is 59.8 Å². The highest BCUT2D eigenvalue weighted by atomic mass is 19.1. The molecule has 0 aliphatic heterocycles. The Morgan fingerprint density at radius 2 is 1.84 bits per heavy atom. The molecule has 0 aliphatic rings. The molecule has 3 heteroatoms. The fourth-order valence-electron chi connectivity index (χ4n) is 2.20. The van der Waals surface area contributed by atoms with Gasteiger partial charge >= 0.3 is 0 Å². The predicted molar refractivity (Wildman–Crippen MR) is 74.1 cm³/mol. The molecule has 0 bridgehead atoms. The molecule has 1 heterocycles. The van der Waals surface area contributed by atoms with Gasteiger partial charge in [-0.05, 0) is 35.2 Å². The van der Waals surface area contributed by atoms with Crippen LogP contribution in [-0.4, -0.2) is 0 Å². The van der Waals surface area contributed by atoms with Gasteiger partial charge in [0.25, 0.3) is 0 Å². The number of hydrogen-bond acceptors (Lipinski definition) is 2. The molecule has 0 radical (unpaired) electrons. The van der Waals surface area contributed by atoms with E-state index in [4.69, 9.17) is 4.42 Å². The van der Waals surface area contributed by atoms with E-state index in [0.29, 0.717) is 6.54 Å². The van der Waals surface area contributed by atoms with Gasteiger partial charge in [-0.1, -0.05) is 32.9 Å². The first-order valence-electron chi connectivity index (χ1n) is 6.48. The highest BCUT2D eigenvalue weighted by molar-refractivity contribution is 5.21. The predicted octanol–water partition coefficient (Wildman–Crippen LogP) is 4.30. The largest absolute Gasteiger partial charge is 0.468 e. The van der Waals surface area contributed by atoms with Gasteiger partial charge in [-0.15, -0.1) is 0 Å². The van der Waals surface area contributed by atoms with E-state index in [1.807, 2.05) is 24.3 Å². The third kappa shape index (κ3) is 3.67. The molecule has 2 nitrogen and oxygen atoms in total. The Morgan fingerprint density at radius 3 is 2.37 bits per heavy atom. The van der Waals surface area contributed by atoms with Gasteiger partial charge in [0.1, 0.15) is 11.6 Å². The molecule has 0 saturated heterocycles. The third-order valence-electron chi connectivity index (χ3n) is 3.13. The van der Waals surface area contributed by atoms with E-state index in [-0.39, 0.29) is 17.3 Å². The summed E-state index contributed by atoms with van der Waals surface area (Å²) >= 11 is 0. The van der Waals surface area contributed by atoms with Crippen molar-refractivity contribution in [3.63, 3.8) is 0 Å². The van der Waals surface area contributed by atoms with E-state index in [9.17, 15) is 4.39 Å². The lowest BCUT2D eigenvalue weighted by Gasteiger charge is -2.32. The molecule has 1 unspecified atom stereocenters. The highest BCUT2D eigenvalue weighted by Crippen LogP contribution is 2.33. The van der Waals surface area contributed by atoms with Crippen molar-refractivity contribution in [1.82, 2.24) is 5.32 Å². The third-order valence-corrected chi connectivity index (χ3v) is 3.13. The van der Waals surface area contributed by atoms with Gasteiger partial charge in [-0.3, -0.25) is 0 Å². The highest BCUT2D eigenvalue weighted by Gasteiger charge is 2.25. The molecule has 0 fully saturated rings. The van der Waals surface area contributed by atoms with Gasteiger partial charge in [0, 0.05) is 6.04 Å². The SMILES string of the molecule is CC(C)(C)C(NCc1ccco1)c1ccc(F)cc1. The normalized spacial score (nSPS) is 13.5. The van der Waals surface area contributed by atoms with Crippen LogP contribution in [-0.2, 0) is 6.54 Å². The Bertz CT molecular complexity index is 497. The Labute approximate surface area is 113 Å². The van der Waals surface area contributed by atoms with Crippen molar-refractivity contribution in [2.45, 2.75) is 33.4 Å². The van der Waals surface area contributed by atoms with Crippen LogP contribution in [0.2, 0.25) is 0 Å². The smallest absolute Gasteiger partial charge is 0.123 e. The molecule has 1 atom stereocenters. The van der Waals surface area contributed by atoms with Crippen molar-refractivity contribution in [2.75, 3.05) is 0 Å². The summed E-state index contributed by atoms with van der Waals surface area (Å²) < 4.78 is 18.3. The van der Waals surface area contributed by atoms with Gasteiger partial charge in [0.05, 0.1) is 12.8 Å². The van der Waals surface area contributed by atoms with Crippen molar-refractivity contribution in [3.8, 4) is 0 Å². The van der Waals surface area contributed by atoms with Gasteiger partial charge in [-0.2, -0.15) is 0 Å². The van der Waals surface area contributed by atoms with Crippen molar-refractivity contribution in [2.24, 2.45) is 5.41 Å². The van der Waals surface area contributed by atoms with Crippen LogP contribution in [0.5, 0.6) is 0 Å². The van der Waals surface area contributed by atoms with Crippen LogP contribution in [0, 0.1) is 11.2 Å². The topological polar surface area (TPSA) is 25.2 Å². The van der Waals surface area contributed by atoms with E-state index >= 15 is 0 Å². The summed E-state index contributed by atoms with van der Waals surface area (Å²) in [6.45, 7) is 7.15. The molecule has 19 heavy (non-hydrogen) atoms. The number of hydrogen-bond donors (Lipinski definition) is 1. The first kappa shape index (κ1) is 13.8. The zero-order valence-corrected chi connectivity index (χ0v) is 11.6. The van der Waals surface area contributed by atoms with Gasteiger partial charge in [0.15, 0.2) is 0 Å². The van der Waals surface area contributed by atoms with E-state index in [1.54, 1.807) is 6.26 Å². The van der Waals surface area contributed by atoms with Crippen LogP contribution in [0.4, 0.5) is 4.39 Å². The summed E-state index contributed by atoms with van der Waals surface area (Å²) in [5, 5.41) is 3.48. The second kappa shape index (κ2) is 5.57. The van der Waals surface area contributed by atoms with Gasteiger partial charge in [-0.25, -0.2) is 4.39 Å². The molecule has 0 amide bonds. The maximum Gasteiger partial charge on any atom is 0.123 e. The standard InChI is InChI=1S/C16H20FNO/c1-16(2,3)15(12-6-8-13(17)9-7-12)18-11-14-5-4-10-19-14/h4-10,15,18H,11H2,1-3H3. The summed E-state index contributed by atoms with van der Waals surface area (Å²) in [5.74, 6) is 0.693. The Kier molecular flexibility index (Phi) is 4.05. The summed E-state index contributed by atoms with van der Waals surface area (Å²) in [7, 11) is 0. The van der Waals surface area contributed by atoms with E-state index < -0.39 is 0 Å².